The van der Waals surface area contributed by atoms with Gasteiger partial charge in [0, 0.05) is 32.8 Å². The maximum atomic E-state index is 12.5. The number of anilines is 2. The van der Waals surface area contributed by atoms with Crippen molar-refractivity contribution in [2.45, 2.75) is 24.7 Å². The minimum Gasteiger partial charge on any atom is -0.383 e. The van der Waals surface area contributed by atoms with Crippen LogP contribution in [0.4, 0.5) is 17.1 Å². The summed E-state index contributed by atoms with van der Waals surface area (Å²) in [5.41, 5.74) is 1.05. The number of rotatable bonds is 10. The molecule has 0 aliphatic rings. The van der Waals surface area contributed by atoms with Crippen LogP contribution in [0.5, 0.6) is 0 Å². The second kappa shape index (κ2) is 10.7. The Bertz CT molecular complexity index is 1080. The minimum absolute atomic E-state index is 0.0384. The van der Waals surface area contributed by atoms with Crippen LogP contribution in [0, 0.1) is 10.1 Å². The van der Waals surface area contributed by atoms with E-state index >= 15 is 0 Å². The zero-order valence-corrected chi connectivity index (χ0v) is 18.5. The van der Waals surface area contributed by atoms with Gasteiger partial charge in [-0.15, -0.1) is 0 Å². The number of nitrogens with zero attached hydrogens (tertiary/aromatic N) is 2. The van der Waals surface area contributed by atoms with E-state index in [2.05, 4.69) is 10.6 Å². The van der Waals surface area contributed by atoms with E-state index in [1.807, 2.05) is 6.92 Å². The molecular formula is C21H26N4O5S. The number of nitro benzene ring substituents is 1. The molecule has 2 N–H and O–H groups in total. The number of hydrogen-bond donors (Lipinski definition) is 2. The van der Waals surface area contributed by atoms with Gasteiger partial charge in [0.15, 0.2) is 0 Å². The van der Waals surface area contributed by atoms with Crippen molar-refractivity contribution in [2.75, 3.05) is 31.3 Å². The molecule has 0 fully saturated rings. The first-order valence-corrected chi connectivity index (χ1v) is 11.1. The lowest BCUT2D eigenvalue weighted by Crippen LogP contribution is -2.22. The molecule has 0 radical (unpaired) electrons. The van der Waals surface area contributed by atoms with Crippen molar-refractivity contribution in [1.82, 2.24) is 4.31 Å². The predicted molar refractivity (Wildman–Crippen MR) is 121 cm³/mol. The van der Waals surface area contributed by atoms with Crippen LogP contribution < -0.4 is 10.6 Å². The zero-order valence-electron chi connectivity index (χ0n) is 17.7. The molecule has 9 nitrogen and oxygen atoms in total. The van der Waals surface area contributed by atoms with Gasteiger partial charge in [-0.05, 0) is 36.8 Å². The fraction of sp³-hybridized carbons (Fsp3) is 0.286. The van der Waals surface area contributed by atoms with E-state index in [-0.39, 0.29) is 16.1 Å². The van der Waals surface area contributed by atoms with Gasteiger partial charge >= 0.3 is 0 Å². The summed E-state index contributed by atoms with van der Waals surface area (Å²) in [7, 11) is -0.832. The molecule has 0 atom stereocenters. The maximum Gasteiger partial charge on any atom is 0.276 e. The highest BCUT2D eigenvalue weighted by molar-refractivity contribution is 7.89. The molecule has 0 saturated carbocycles. The van der Waals surface area contributed by atoms with Gasteiger partial charge in [-0.1, -0.05) is 25.5 Å². The number of benzene rings is 2. The normalized spacial score (nSPS) is 11.6. The van der Waals surface area contributed by atoms with E-state index in [4.69, 9.17) is 0 Å². The van der Waals surface area contributed by atoms with Gasteiger partial charge in [0.2, 0.25) is 15.9 Å². The number of amides is 1. The topological polar surface area (TPSA) is 122 Å². The zero-order chi connectivity index (χ0) is 23.0. The lowest BCUT2D eigenvalue weighted by atomic mass is 10.1. The van der Waals surface area contributed by atoms with Crippen molar-refractivity contribution >= 4 is 39.1 Å². The molecule has 166 valence electrons. The van der Waals surface area contributed by atoms with Crippen LogP contribution in [0.1, 0.15) is 25.3 Å². The maximum absolute atomic E-state index is 12.5. The smallest absolute Gasteiger partial charge is 0.276 e. The van der Waals surface area contributed by atoms with Gasteiger partial charge in [-0.3, -0.25) is 14.9 Å². The number of unbranched alkanes of at least 4 members (excludes halogenated alkanes) is 1. The third kappa shape index (κ3) is 6.37. The first kappa shape index (κ1) is 24.0. The van der Waals surface area contributed by atoms with Crippen LogP contribution in [0.15, 0.2) is 53.4 Å². The number of nitro groups is 1. The van der Waals surface area contributed by atoms with Crippen molar-refractivity contribution in [3.63, 3.8) is 0 Å². The molecule has 10 heteroatoms. The lowest BCUT2D eigenvalue weighted by Gasteiger charge is -2.16. The first-order chi connectivity index (χ1) is 14.7. The highest BCUT2D eigenvalue weighted by Crippen LogP contribution is 2.27. The van der Waals surface area contributed by atoms with Crippen molar-refractivity contribution in [3.05, 3.63) is 64.2 Å². The monoisotopic (exact) mass is 446 g/mol. The Morgan fingerprint density at radius 3 is 2.52 bits per heavy atom. The summed E-state index contributed by atoms with van der Waals surface area (Å²) in [5.74, 6) is -0.545. The van der Waals surface area contributed by atoms with E-state index in [1.54, 1.807) is 18.2 Å². The van der Waals surface area contributed by atoms with Gasteiger partial charge < -0.3 is 10.6 Å². The third-order valence-corrected chi connectivity index (χ3v) is 6.23. The second-order valence-electron chi connectivity index (χ2n) is 6.91. The molecule has 0 aliphatic carbocycles. The lowest BCUT2D eigenvalue weighted by molar-refractivity contribution is -0.385. The largest absolute Gasteiger partial charge is 0.383 e. The Morgan fingerprint density at radius 1 is 1.16 bits per heavy atom. The molecule has 0 saturated heterocycles. The molecular weight excluding hydrogens is 420 g/mol. The first-order valence-electron chi connectivity index (χ1n) is 9.69. The van der Waals surface area contributed by atoms with Gasteiger partial charge in [0.1, 0.15) is 0 Å². The standard InChI is InChI=1S/C21H26N4O5S/c1-4-5-14-22-18-12-11-17(31(29,30)24(2)3)15-19(18)23-21(26)13-10-16-8-6-7-9-20(16)25(27)28/h6-13,15,22H,4-5,14H2,1-3H3,(H,23,26)/b13-10+. The number of nitrogens with one attached hydrogen (secondary N) is 2. The Hall–Kier alpha value is -3.24. The third-order valence-electron chi connectivity index (χ3n) is 4.42. The summed E-state index contributed by atoms with van der Waals surface area (Å²) < 4.78 is 26.0. The number of sulfonamides is 1. The number of para-hydroxylation sites is 1. The van der Waals surface area contributed by atoms with Gasteiger partial charge in [-0.2, -0.15) is 0 Å². The summed E-state index contributed by atoms with van der Waals surface area (Å²) in [6.07, 6.45) is 4.40. The Balaban J connectivity index is 2.32. The molecule has 0 aliphatic heterocycles. The molecule has 2 aromatic carbocycles. The van der Waals surface area contributed by atoms with Crippen LogP contribution in [-0.4, -0.2) is 44.2 Å². The average molecular weight is 447 g/mol. The van der Waals surface area contributed by atoms with Gasteiger partial charge in [-0.25, -0.2) is 12.7 Å². The van der Waals surface area contributed by atoms with Crippen LogP contribution >= 0.6 is 0 Å². The molecule has 1 amide bonds. The molecule has 0 spiro atoms. The van der Waals surface area contributed by atoms with Crippen molar-refractivity contribution in [3.8, 4) is 0 Å². The Morgan fingerprint density at radius 2 is 1.87 bits per heavy atom. The summed E-state index contributed by atoms with van der Waals surface area (Å²) >= 11 is 0. The van der Waals surface area contributed by atoms with Crippen molar-refractivity contribution in [2.24, 2.45) is 0 Å². The molecule has 0 unspecified atom stereocenters. The van der Waals surface area contributed by atoms with E-state index < -0.39 is 20.9 Å². The summed E-state index contributed by atoms with van der Waals surface area (Å²) in [6, 6.07) is 10.5. The molecule has 31 heavy (non-hydrogen) atoms. The summed E-state index contributed by atoms with van der Waals surface area (Å²) in [6.45, 7) is 2.70. The Kier molecular flexibility index (Phi) is 8.29. The number of carbonyl (C=O) groups is 1. The van der Waals surface area contributed by atoms with Crippen molar-refractivity contribution in [1.29, 1.82) is 0 Å². The quantitative estimate of drug-likeness (QED) is 0.248. The van der Waals surface area contributed by atoms with E-state index in [0.717, 1.165) is 17.1 Å². The van der Waals surface area contributed by atoms with Crippen LogP contribution in [-0.2, 0) is 14.8 Å². The fourth-order valence-corrected chi connectivity index (χ4v) is 3.62. The van der Waals surface area contributed by atoms with Crippen molar-refractivity contribution < 1.29 is 18.1 Å². The van der Waals surface area contributed by atoms with Crippen LogP contribution in [0.2, 0.25) is 0 Å². The minimum atomic E-state index is -3.69. The van der Waals surface area contributed by atoms with Crippen LogP contribution in [0.25, 0.3) is 6.08 Å². The summed E-state index contributed by atoms with van der Waals surface area (Å²) in [4.78, 5) is 23.1. The summed E-state index contributed by atoms with van der Waals surface area (Å²) in [5, 5.41) is 17.0. The van der Waals surface area contributed by atoms with Gasteiger partial charge in [0.05, 0.1) is 26.8 Å². The predicted octanol–water partition coefficient (Wildman–Crippen LogP) is 3.71. The second-order valence-corrected chi connectivity index (χ2v) is 9.07. The Labute approximate surface area is 182 Å². The van der Waals surface area contributed by atoms with Gasteiger partial charge in [0.25, 0.3) is 5.69 Å². The highest BCUT2D eigenvalue weighted by atomic mass is 32.2. The molecule has 0 bridgehead atoms. The average Bonchev–Trinajstić information content (AvgIpc) is 2.73. The molecule has 0 heterocycles. The van der Waals surface area contributed by atoms with E-state index in [0.29, 0.717) is 17.9 Å². The molecule has 2 rings (SSSR count). The van der Waals surface area contributed by atoms with Crippen LogP contribution in [0.3, 0.4) is 0 Å². The van der Waals surface area contributed by atoms with E-state index in [1.165, 1.54) is 50.5 Å². The highest BCUT2D eigenvalue weighted by Gasteiger charge is 2.19. The number of hydrogen-bond acceptors (Lipinski definition) is 6. The fourth-order valence-electron chi connectivity index (χ4n) is 2.69. The van der Waals surface area contributed by atoms with E-state index in [9.17, 15) is 23.3 Å². The number of carbonyl (C=O) groups excluding carboxylic acids is 1. The SMILES string of the molecule is CCCCNc1ccc(S(=O)(=O)N(C)C)cc1NC(=O)/C=C/c1ccccc1[N+](=O)[O-]. The molecule has 0 aromatic heterocycles. The molecule has 2 aromatic rings.